The van der Waals surface area contributed by atoms with E-state index in [1.807, 2.05) is 6.07 Å². The first kappa shape index (κ1) is 14.1. The molecule has 2 aromatic carbocycles. The summed E-state index contributed by atoms with van der Waals surface area (Å²) in [4.78, 5) is 2.19. The molecule has 0 aromatic heterocycles. The Morgan fingerprint density at radius 1 is 1.05 bits per heavy atom. The van der Waals surface area contributed by atoms with Crippen LogP contribution >= 0.6 is 0 Å². The minimum absolute atomic E-state index is 0.0946. The smallest absolute Gasteiger partial charge is 0.102 e. The lowest BCUT2D eigenvalue weighted by Crippen LogP contribution is -2.25. The van der Waals surface area contributed by atoms with Crippen molar-refractivity contribution in [2.24, 2.45) is 0 Å². The van der Waals surface area contributed by atoms with Crippen molar-refractivity contribution in [3.8, 4) is 0 Å². The first-order chi connectivity index (χ1) is 10.3. The predicted octanol–water partition coefficient (Wildman–Crippen LogP) is 2.47. The van der Waals surface area contributed by atoms with Crippen molar-refractivity contribution in [2.45, 2.75) is 18.6 Å². The van der Waals surface area contributed by atoms with E-state index in [0.29, 0.717) is 6.54 Å². The van der Waals surface area contributed by atoms with Crippen LogP contribution in [0.5, 0.6) is 0 Å². The fourth-order valence-electron chi connectivity index (χ4n) is 2.89. The quantitative estimate of drug-likeness (QED) is 0.935. The number of aliphatic hydroxyl groups is 1. The molecule has 1 fully saturated rings. The van der Waals surface area contributed by atoms with Gasteiger partial charge in [-0.1, -0.05) is 42.5 Å². The maximum absolute atomic E-state index is 9.96. The Bertz CT molecular complexity index is 585. The Morgan fingerprint density at radius 2 is 1.81 bits per heavy atom. The molecule has 2 atom stereocenters. The van der Waals surface area contributed by atoms with Crippen LogP contribution in [-0.4, -0.2) is 37.5 Å². The first-order valence-corrected chi connectivity index (χ1v) is 7.35. The van der Waals surface area contributed by atoms with Gasteiger partial charge in [0.25, 0.3) is 0 Å². The van der Waals surface area contributed by atoms with Gasteiger partial charge in [0.2, 0.25) is 0 Å². The maximum Gasteiger partial charge on any atom is 0.102 e. The molecular weight excluding hydrogens is 262 g/mol. The molecule has 1 N–H and O–H groups in total. The van der Waals surface area contributed by atoms with Crippen LogP contribution in [0.3, 0.4) is 0 Å². The molecule has 110 valence electrons. The molecule has 0 radical (unpaired) electrons. The summed E-state index contributed by atoms with van der Waals surface area (Å²) in [6.07, 6.45) is 0.425. The highest BCUT2D eigenvalue weighted by molar-refractivity contribution is 5.50. The first-order valence-electron chi connectivity index (χ1n) is 7.35. The average molecular weight is 283 g/mol. The van der Waals surface area contributed by atoms with Crippen molar-refractivity contribution in [3.63, 3.8) is 0 Å². The van der Waals surface area contributed by atoms with Crippen molar-refractivity contribution < 1.29 is 9.84 Å². The lowest BCUT2D eigenvalue weighted by molar-refractivity contribution is 0.0217. The van der Waals surface area contributed by atoms with Crippen molar-refractivity contribution in [1.82, 2.24) is 0 Å². The second-order valence-electron chi connectivity index (χ2n) is 5.58. The number of hydrogen-bond acceptors (Lipinski definition) is 3. The summed E-state index contributed by atoms with van der Waals surface area (Å²) >= 11 is 0. The third kappa shape index (κ3) is 3.26. The van der Waals surface area contributed by atoms with E-state index >= 15 is 0 Å². The highest BCUT2D eigenvalue weighted by Crippen LogP contribution is 2.24. The summed E-state index contributed by atoms with van der Waals surface area (Å²) in [5.41, 5.74) is 3.75. The van der Waals surface area contributed by atoms with Crippen LogP contribution in [0.25, 0.3) is 0 Å². The van der Waals surface area contributed by atoms with Crippen molar-refractivity contribution in [1.29, 1.82) is 0 Å². The number of benzene rings is 2. The van der Waals surface area contributed by atoms with Crippen LogP contribution in [0.2, 0.25) is 0 Å². The fraction of sp³-hybridized carbons (Fsp3) is 0.333. The molecule has 0 bridgehead atoms. The van der Waals surface area contributed by atoms with Crippen LogP contribution < -0.4 is 4.90 Å². The zero-order valence-corrected chi connectivity index (χ0v) is 12.3. The molecule has 1 heterocycles. The monoisotopic (exact) mass is 283 g/mol. The molecule has 2 aromatic rings. The summed E-state index contributed by atoms with van der Waals surface area (Å²) in [5, 5.41) is 9.96. The van der Waals surface area contributed by atoms with Crippen molar-refractivity contribution >= 4 is 5.69 Å². The number of hydrogen-bond donors (Lipinski definition) is 1. The molecule has 1 saturated heterocycles. The molecule has 0 spiro atoms. The number of ether oxygens (including phenoxy) is 1. The van der Waals surface area contributed by atoms with E-state index < -0.39 is 6.10 Å². The van der Waals surface area contributed by atoms with Crippen LogP contribution in [0.4, 0.5) is 5.69 Å². The topological polar surface area (TPSA) is 32.7 Å². The second-order valence-corrected chi connectivity index (χ2v) is 5.58. The van der Waals surface area contributed by atoms with Crippen LogP contribution in [0.1, 0.15) is 11.1 Å². The van der Waals surface area contributed by atoms with E-state index in [9.17, 15) is 5.11 Å². The van der Waals surface area contributed by atoms with Gasteiger partial charge in [0.1, 0.15) is 6.10 Å². The van der Waals surface area contributed by atoms with E-state index in [0.717, 1.165) is 18.7 Å². The Kier molecular flexibility index (Phi) is 4.23. The zero-order chi connectivity index (χ0) is 14.7. The Balaban J connectivity index is 1.75. The molecule has 2 unspecified atom stereocenters. The summed E-state index contributed by atoms with van der Waals surface area (Å²) < 4.78 is 5.31. The van der Waals surface area contributed by atoms with Gasteiger partial charge in [0, 0.05) is 25.9 Å². The summed E-state index contributed by atoms with van der Waals surface area (Å²) in [7, 11) is 1.66. The summed E-state index contributed by atoms with van der Waals surface area (Å²) in [6, 6.07) is 19.0. The summed E-state index contributed by atoms with van der Waals surface area (Å²) in [6.45, 7) is 1.37. The minimum Gasteiger partial charge on any atom is -0.388 e. The van der Waals surface area contributed by atoms with Crippen LogP contribution in [0, 0.1) is 0 Å². The van der Waals surface area contributed by atoms with Crippen LogP contribution in [-0.2, 0) is 11.2 Å². The molecule has 21 heavy (non-hydrogen) atoms. The van der Waals surface area contributed by atoms with E-state index in [1.54, 1.807) is 7.11 Å². The van der Waals surface area contributed by atoms with Crippen molar-refractivity contribution in [3.05, 3.63) is 65.7 Å². The molecule has 1 aliphatic heterocycles. The van der Waals surface area contributed by atoms with E-state index in [1.165, 1.54) is 11.1 Å². The Morgan fingerprint density at radius 3 is 2.52 bits per heavy atom. The lowest BCUT2D eigenvalue weighted by atomic mass is 10.0. The van der Waals surface area contributed by atoms with Gasteiger partial charge < -0.3 is 14.7 Å². The number of rotatable bonds is 4. The normalized spacial score (nSPS) is 21.7. The van der Waals surface area contributed by atoms with Gasteiger partial charge in [0.05, 0.1) is 6.10 Å². The van der Waals surface area contributed by atoms with E-state index in [2.05, 4.69) is 53.4 Å². The zero-order valence-electron chi connectivity index (χ0n) is 12.3. The molecule has 0 saturated carbocycles. The molecule has 1 aliphatic rings. The number of nitrogens with zero attached hydrogens (tertiary/aromatic N) is 1. The standard InChI is InChI=1S/C18H21NO2/c1-21-18-13-19(12-17(18)20)16-9-5-8-15(11-16)10-14-6-3-2-4-7-14/h2-9,11,17-18,20H,10,12-13H2,1H3. The SMILES string of the molecule is COC1CN(c2cccc(Cc3ccccc3)c2)CC1O. The number of aliphatic hydroxyl groups excluding tert-OH is 1. The average Bonchev–Trinajstić information content (AvgIpc) is 2.90. The summed E-state index contributed by atoms with van der Waals surface area (Å²) in [5.74, 6) is 0. The second kappa shape index (κ2) is 6.29. The van der Waals surface area contributed by atoms with E-state index in [4.69, 9.17) is 4.74 Å². The Hall–Kier alpha value is -1.84. The fourth-order valence-corrected chi connectivity index (χ4v) is 2.89. The largest absolute Gasteiger partial charge is 0.388 e. The van der Waals surface area contributed by atoms with Gasteiger partial charge in [-0.25, -0.2) is 0 Å². The van der Waals surface area contributed by atoms with Gasteiger partial charge in [-0.15, -0.1) is 0 Å². The third-order valence-electron chi connectivity index (χ3n) is 4.07. The minimum atomic E-state index is -0.409. The van der Waals surface area contributed by atoms with Gasteiger partial charge in [0.15, 0.2) is 0 Å². The van der Waals surface area contributed by atoms with E-state index in [-0.39, 0.29) is 6.10 Å². The number of β-amino-alcohol motifs (C(OH)–C–C–N with tert-alkyl or cyclic N) is 1. The van der Waals surface area contributed by atoms with Gasteiger partial charge in [-0.3, -0.25) is 0 Å². The molecule has 0 amide bonds. The molecular formula is C18H21NO2. The number of methoxy groups -OCH3 is 1. The highest BCUT2D eigenvalue weighted by Gasteiger charge is 2.31. The predicted molar refractivity (Wildman–Crippen MR) is 84.7 cm³/mol. The number of anilines is 1. The molecule has 3 rings (SSSR count). The van der Waals surface area contributed by atoms with Crippen LogP contribution in [0.15, 0.2) is 54.6 Å². The molecule has 3 nitrogen and oxygen atoms in total. The lowest BCUT2D eigenvalue weighted by Gasteiger charge is -2.19. The maximum atomic E-state index is 9.96. The molecule has 3 heteroatoms. The van der Waals surface area contributed by atoms with Gasteiger partial charge in [-0.2, -0.15) is 0 Å². The molecule has 0 aliphatic carbocycles. The third-order valence-corrected chi connectivity index (χ3v) is 4.07. The van der Waals surface area contributed by atoms with Crippen molar-refractivity contribution in [2.75, 3.05) is 25.1 Å². The van der Waals surface area contributed by atoms with Gasteiger partial charge >= 0.3 is 0 Å². The highest BCUT2D eigenvalue weighted by atomic mass is 16.5. The van der Waals surface area contributed by atoms with Gasteiger partial charge in [-0.05, 0) is 29.7 Å². The Labute approximate surface area is 125 Å².